The van der Waals surface area contributed by atoms with E-state index in [-0.39, 0.29) is 0 Å². The van der Waals surface area contributed by atoms with Crippen LogP contribution in [0.15, 0.2) is 12.3 Å². The summed E-state index contributed by atoms with van der Waals surface area (Å²) in [6.45, 7) is 3.22. The summed E-state index contributed by atoms with van der Waals surface area (Å²) in [6.07, 6.45) is 3.74. The van der Waals surface area contributed by atoms with Crippen LogP contribution in [0.25, 0.3) is 0 Å². The van der Waals surface area contributed by atoms with Gasteiger partial charge in [-0.05, 0) is 32.3 Å². The van der Waals surface area contributed by atoms with E-state index in [9.17, 15) is 9.90 Å². The summed E-state index contributed by atoms with van der Waals surface area (Å²) < 4.78 is 0. The number of hydrogen-bond acceptors (Lipinski definition) is 5. The highest BCUT2D eigenvalue weighted by Gasteiger charge is 2.27. The molecule has 2 rings (SSSR count). The van der Waals surface area contributed by atoms with Crippen molar-refractivity contribution in [1.29, 1.82) is 0 Å². The number of nitrogen functional groups attached to an aromatic ring is 1. The van der Waals surface area contributed by atoms with E-state index < -0.39 is 11.5 Å². The number of rotatable bonds is 2. The first-order valence-corrected chi connectivity index (χ1v) is 6.42. The molecule has 104 valence electrons. The molecular formula is C13H20N4O2. The van der Waals surface area contributed by atoms with E-state index >= 15 is 0 Å². The van der Waals surface area contributed by atoms with Crippen LogP contribution in [0.1, 0.15) is 36.5 Å². The summed E-state index contributed by atoms with van der Waals surface area (Å²) in [4.78, 5) is 17.7. The molecule has 5 N–H and O–H groups in total. The molecule has 0 aliphatic carbocycles. The van der Waals surface area contributed by atoms with Crippen LogP contribution < -0.4 is 16.4 Å². The molecule has 1 fully saturated rings. The predicted molar refractivity (Wildman–Crippen MR) is 73.9 cm³/mol. The van der Waals surface area contributed by atoms with E-state index in [1.165, 1.54) is 6.20 Å². The van der Waals surface area contributed by atoms with Crippen LogP contribution in [0.4, 0.5) is 11.5 Å². The molecule has 6 nitrogen and oxygen atoms in total. The Kier molecular flexibility index (Phi) is 3.61. The van der Waals surface area contributed by atoms with Gasteiger partial charge in [-0.25, -0.2) is 4.98 Å². The Labute approximate surface area is 112 Å². The number of nitrogens with two attached hydrogens (primary N) is 2. The second-order valence-electron chi connectivity index (χ2n) is 5.34. The zero-order valence-corrected chi connectivity index (χ0v) is 11.1. The minimum absolute atomic E-state index is 0.335. The second kappa shape index (κ2) is 5.05. The molecule has 1 unspecified atom stereocenters. The zero-order valence-electron chi connectivity index (χ0n) is 11.1. The van der Waals surface area contributed by atoms with Crippen molar-refractivity contribution in [1.82, 2.24) is 4.98 Å². The third-order valence-corrected chi connectivity index (χ3v) is 3.52. The largest absolute Gasteiger partial charge is 0.397 e. The lowest BCUT2D eigenvalue weighted by atomic mass is 9.98. The summed E-state index contributed by atoms with van der Waals surface area (Å²) in [7, 11) is 0. The Morgan fingerprint density at radius 3 is 2.89 bits per heavy atom. The molecule has 0 aromatic carbocycles. The normalized spacial score (nSPS) is 24.0. The van der Waals surface area contributed by atoms with Gasteiger partial charge < -0.3 is 21.5 Å². The maximum Gasteiger partial charge on any atom is 0.252 e. The number of pyridine rings is 1. The highest BCUT2D eigenvalue weighted by atomic mass is 16.3. The van der Waals surface area contributed by atoms with Crippen LogP contribution in [0.3, 0.4) is 0 Å². The third-order valence-electron chi connectivity index (χ3n) is 3.52. The molecule has 19 heavy (non-hydrogen) atoms. The fraction of sp³-hybridized carbons (Fsp3) is 0.538. The summed E-state index contributed by atoms with van der Waals surface area (Å²) in [6, 6.07) is 1.55. The van der Waals surface area contributed by atoms with E-state index in [2.05, 4.69) is 4.98 Å². The summed E-state index contributed by atoms with van der Waals surface area (Å²) >= 11 is 0. The first-order chi connectivity index (χ1) is 8.89. The van der Waals surface area contributed by atoms with Gasteiger partial charge in [0, 0.05) is 13.1 Å². The van der Waals surface area contributed by atoms with Gasteiger partial charge >= 0.3 is 0 Å². The fourth-order valence-electron chi connectivity index (χ4n) is 2.38. The molecule has 1 atom stereocenters. The van der Waals surface area contributed by atoms with Crippen molar-refractivity contribution in [2.75, 3.05) is 23.7 Å². The number of nitrogens with zero attached hydrogens (tertiary/aromatic N) is 2. The van der Waals surface area contributed by atoms with Crippen molar-refractivity contribution in [3.8, 4) is 0 Å². The van der Waals surface area contributed by atoms with Gasteiger partial charge in [0.1, 0.15) is 5.82 Å². The Morgan fingerprint density at radius 2 is 2.21 bits per heavy atom. The van der Waals surface area contributed by atoms with Crippen molar-refractivity contribution < 1.29 is 9.90 Å². The highest BCUT2D eigenvalue weighted by molar-refractivity contribution is 5.98. The standard InChI is InChI=1S/C13H20N4O2/c1-13(19)3-2-5-17(6-4-13)12-10(11(15)18)7-9(14)8-16-12/h7-8,19H,2-6,14H2,1H3,(H2,15,18). The number of anilines is 2. The van der Waals surface area contributed by atoms with Gasteiger partial charge in [0.2, 0.25) is 0 Å². The molecule has 0 bridgehead atoms. The Hall–Kier alpha value is -1.82. The van der Waals surface area contributed by atoms with E-state index in [1.54, 1.807) is 6.07 Å². The van der Waals surface area contributed by atoms with E-state index in [0.29, 0.717) is 30.0 Å². The van der Waals surface area contributed by atoms with Gasteiger partial charge in [-0.3, -0.25) is 4.79 Å². The second-order valence-corrected chi connectivity index (χ2v) is 5.34. The lowest BCUT2D eigenvalue weighted by molar-refractivity contribution is 0.0481. The molecule has 1 aliphatic rings. The average Bonchev–Trinajstić information content (AvgIpc) is 2.50. The fourth-order valence-corrected chi connectivity index (χ4v) is 2.38. The van der Waals surface area contributed by atoms with E-state index in [0.717, 1.165) is 19.4 Å². The monoisotopic (exact) mass is 264 g/mol. The van der Waals surface area contributed by atoms with Crippen molar-refractivity contribution in [3.63, 3.8) is 0 Å². The number of aliphatic hydroxyl groups is 1. The number of carbonyl (C=O) groups is 1. The molecular weight excluding hydrogens is 244 g/mol. The van der Waals surface area contributed by atoms with Crippen LogP contribution in [0.5, 0.6) is 0 Å². The first-order valence-electron chi connectivity index (χ1n) is 6.42. The van der Waals surface area contributed by atoms with Crippen LogP contribution in [0, 0.1) is 0 Å². The maximum atomic E-state index is 11.5. The molecule has 1 aliphatic heterocycles. The Balaban J connectivity index is 2.29. The number of aromatic nitrogens is 1. The number of carbonyl (C=O) groups excluding carboxylic acids is 1. The quantitative estimate of drug-likeness (QED) is 0.721. The van der Waals surface area contributed by atoms with Gasteiger partial charge in [-0.15, -0.1) is 0 Å². The molecule has 0 spiro atoms. The van der Waals surface area contributed by atoms with Crippen LogP contribution in [0.2, 0.25) is 0 Å². The number of primary amides is 1. The highest BCUT2D eigenvalue weighted by Crippen LogP contribution is 2.26. The van der Waals surface area contributed by atoms with E-state index in [1.807, 2.05) is 11.8 Å². The summed E-state index contributed by atoms with van der Waals surface area (Å²) in [5.41, 5.74) is 11.1. The first kappa shape index (κ1) is 13.6. The Bertz CT molecular complexity index is 488. The summed E-state index contributed by atoms with van der Waals surface area (Å²) in [5.74, 6) is 0.0187. The minimum Gasteiger partial charge on any atom is -0.397 e. The van der Waals surface area contributed by atoms with Crippen molar-refractivity contribution >= 4 is 17.4 Å². The molecule has 1 saturated heterocycles. The topological polar surface area (TPSA) is 105 Å². The van der Waals surface area contributed by atoms with Crippen LogP contribution >= 0.6 is 0 Å². The van der Waals surface area contributed by atoms with Gasteiger partial charge in [0.15, 0.2) is 0 Å². The van der Waals surface area contributed by atoms with Gasteiger partial charge in [-0.1, -0.05) is 0 Å². The van der Waals surface area contributed by atoms with Crippen LogP contribution in [-0.2, 0) is 0 Å². The van der Waals surface area contributed by atoms with Gasteiger partial charge in [0.25, 0.3) is 5.91 Å². The lowest BCUT2D eigenvalue weighted by Crippen LogP contribution is -2.30. The van der Waals surface area contributed by atoms with Crippen molar-refractivity contribution in [2.24, 2.45) is 5.73 Å². The number of amides is 1. The van der Waals surface area contributed by atoms with Gasteiger partial charge in [-0.2, -0.15) is 0 Å². The smallest absolute Gasteiger partial charge is 0.252 e. The third kappa shape index (κ3) is 3.14. The molecule has 0 radical (unpaired) electrons. The minimum atomic E-state index is -0.657. The SMILES string of the molecule is CC1(O)CCCN(c2ncc(N)cc2C(N)=O)CC1. The lowest BCUT2D eigenvalue weighted by Gasteiger charge is -2.24. The molecule has 6 heteroatoms. The van der Waals surface area contributed by atoms with Crippen LogP contribution in [-0.4, -0.2) is 34.7 Å². The molecule has 1 aromatic heterocycles. The predicted octanol–water partition coefficient (Wildman–Crippen LogP) is 0.504. The van der Waals surface area contributed by atoms with Gasteiger partial charge in [0.05, 0.1) is 23.0 Å². The average molecular weight is 264 g/mol. The number of hydrogen-bond donors (Lipinski definition) is 3. The summed E-state index contributed by atoms with van der Waals surface area (Å²) in [5, 5.41) is 10.1. The molecule has 1 amide bonds. The molecule has 2 heterocycles. The van der Waals surface area contributed by atoms with Crippen molar-refractivity contribution in [2.45, 2.75) is 31.8 Å². The van der Waals surface area contributed by atoms with Crippen molar-refractivity contribution in [3.05, 3.63) is 17.8 Å². The maximum absolute atomic E-state index is 11.5. The Morgan fingerprint density at radius 1 is 1.47 bits per heavy atom. The molecule has 0 saturated carbocycles. The molecule has 1 aromatic rings. The van der Waals surface area contributed by atoms with E-state index in [4.69, 9.17) is 11.5 Å². The zero-order chi connectivity index (χ0) is 14.0.